The molecule has 4 aromatic rings. The topological polar surface area (TPSA) is 66.4 Å². The number of fused-ring (bicyclic) bond motifs is 4. The molecule has 0 spiro atoms. The predicted octanol–water partition coefficient (Wildman–Crippen LogP) is 5.44. The second-order valence-corrected chi connectivity index (χ2v) is 11.7. The monoisotopic (exact) mass is 564 g/mol. The Labute approximate surface area is 236 Å². The van der Waals surface area contributed by atoms with Crippen molar-refractivity contribution >= 4 is 39.1 Å². The smallest absolute Gasteiger partial charge is 0.319 e. The van der Waals surface area contributed by atoms with E-state index in [9.17, 15) is 4.39 Å². The number of pyridine rings is 1. The van der Waals surface area contributed by atoms with Crippen LogP contribution in [0.25, 0.3) is 32.9 Å². The van der Waals surface area contributed by atoms with Gasteiger partial charge in [-0.05, 0) is 63.2 Å². The van der Waals surface area contributed by atoms with Crippen LogP contribution in [-0.2, 0) is 0 Å². The first-order valence-corrected chi connectivity index (χ1v) is 14.4. The Hall–Kier alpha value is -3.14. The molecule has 3 aliphatic rings. The quantitative estimate of drug-likeness (QED) is 0.346. The van der Waals surface area contributed by atoms with Gasteiger partial charge in [0.15, 0.2) is 5.82 Å². The van der Waals surface area contributed by atoms with Gasteiger partial charge in [0.1, 0.15) is 29.5 Å². The fourth-order valence-electron chi connectivity index (χ4n) is 6.53. The highest BCUT2D eigenvalue weighted by Gasteiger charge is 2.32. The van der Waals surface area contributed by atoms with Gasteiger partial charge in [-0.25, -0.2) is 8.78 Å². The number of rotatable bonds is 5. The van der Waals surface area contributed by atoms with E-state index in [-0.39, 0.29) is 28.3 Å². The van der Waals surface area contributed by atoms with Crippen LogP contribution in [0.5, 0.6) is 6.01 Å². The number of hydrogen-bond donors (Lipinski definition) is 1. The number of aromatic nitrogens is 3. The van der Waals surface area contributed by atoms with Crippen LogP contribution in [0.2, 0.25) is 5.02 Å². The van der Waals surface area contributed by atoms with Crippen LogP contribution in [0.15, 0.2) is 36.5 Å². The van der Waals surface area contributed by atoms with Crippen molar-refractivity contribution in [3.8, 4) is 17.3 Å². The molecule has 0 amide bonds. The van der Waals surface area contributed by atoms with E-state index < -0.39 is 11.6 Å². The molecule has 3 aliphatic heterocycles. The van der Waals surface area contributed by atoms with Crippen LogP contribution < -0.4 is 15.0 Å². The average molecular weight is 565 g/mol. The molecular weight excluding hydrogens is 534 g/mol. The summed E-state index contributed by atoms with van der Waals surface area (Å²) in [5.41, 5.74) is 0.609. The first-order valence-electron chi connectivity index (χ1n) is 14.0. The summed E-state index contributed by atoms with van der Waals surface area (Å²) in [5, 5.41) is 5.19. The van der Waals surface area contributed by atoms with Gasteiger partial charge in [-0.3, -0.25) is 4.98 Å². The summed E-state index contributed by atoms with van der Waals surface area (Å²) in [4.78, 5) is 18.4. The van der Waals surface area contributed by atoms with Crippen molar-refractivity contribution in [2.75, 3.05) is 44.7 Å². The molecule has 10 heteroatoms. The number of anilines is 1. The Morgan fingerprint density at radius 2 is 2.02 bits per heavy atom. The van der Waals surface area contributed by atoms with Crippen molar-refractivity contribution < 1.29 is 13.5 Å². The van der Waals surface area contributed by atoms with Gasteiger partial charge in [0.05, 0.1) is 10.4 Å². The Morgan fingerprint density at radius 3 is 2.88 bits per heavy atom. The Morgan fingerprint density at radius 1 is 1.12 bits per heavy atom. The Bertz CT molecular complexity index is 1600. The molecule has 2 bridgehead atoms. The minimum absolute atomic E-state index is 0.0606. The highest BCUT2D eigenvalue weighted by molar-refractivity contribution is 6.36. The summed E-state index contributed by atoms with van der Waals surface area (Å²) < 4.78 is 37.1. The van der Waals surface area contributed by atoms with Gasteiger partial charge >= 0.3 is 6.01 Å². The van der Waals surface area contributed by atoms with E-state index in [0.29, 0.717) is 46.1 Å². The normalized spacial score (nSPS) is 23.3. The molecule has 0 saturated carbocycles. The van der Waals surface area contributed by atoms with Crippen molar-refractivity contribution in [1.29, 1.82) is 0 Å². The minimum atomic E-state index is -0.605. The third-order valence-corrected chi connectivity index (χ3v) is 9.14. The van der Waals surface area contributed by atoms with Crippen LogP contribution in [0.3, 0.4) is 0 Å². The number of likely N-dealkylation sites (N-methyl/N-ethyl adjacent to an activating group) is 1. The summed E-state index contributed by atoms with van der Waals surface area (Å²) in [6, 6.07) is 9.04. The van der Waals surface area contributed by atoms with E-state index in [1.54, 1.807) is 24.4 Å². The van der Waals surface area contributed by atoms with Gasteiger partial charge in [-0.15, -0.1) is 0 Å². The zero-order valence-electron chi connectivity index (χ0n) is 22.3. The van der Waals surface area contributed by atoms with Crippen LogP contribution in [0.4, 0.5) is 14.6 Å². The number of nitrogens with zero attached hydrogens (tertiary/aromatic N) is 5. The number of ether oxygens (including phenoxy) is 1. The molecule has 5 heterocycles. The molecule has 40 heavy (non-hydrogen) atoms. The van der Waals surface area contributed by atoms with E-state index in [1.165, 1.54) is 6.07 Å². The molecule has 0 radical (unpaired) electrons. The van der Waals surface area contributed by atoms with Crippen LogP contribution in [0, 0.1) is 17.6 Å². The standard InChI is InChI=1S/C30H31ClF2N6O/c1-38-10-3-5-20(38)16-40-30-36-28-22(29(37-30)39-11-9-17-12-19(15-39)34-13-17)14-35-27(26(28)33)21-6-2-4-18-7-8-23(32)25(31)24(18)21/h2,4,6-8,14,17,19-20,34H,3,5,9-13,15-16H2,1H3/t17?,19?,20-/m0/s1. The fourth-order valence-corrected chi connectivity index (χ4v) is 6.81. The molecule has 7 rings (SSSR count). The number of likely N-dealkylation sites (tertiary alicyclic amines) is 1. The van der Waals surface area contributed by atoms with E-state index in [1.807, 2.05) is 6.07 Å². The van der Waals surface area contributed by atoms with Gasteiger partial charge < -0.3 is 19.9 Å². The number of benzene rings is 2. The molecule has 7 nitrogen and oxygen atoms in total. The third kappa shape index (κ3) is 4.54. The largest absolute Gasteiger partial charge is 0.462 e. The maximum Gasteiger partial charge on any atom is 0.319 e. The summed E-state index contributed by atoms with van der Waals surface area (Å²) in [6.45, 7) is 4.10. The van der Waals surface area contributed by atoms with Gasteiger partial charge in [0.2, 0.25) is 0 Å². The van der Waals surface area contributed by atoms with Gasteiger partial charge in [-0.1, -0.05) is 35.9 Å². The maximum atomic E-state index is 16.5. The van der Waals surface area contributed by atoms with E-state index >= 15 is 4.39 Å². The second-order valence-electron chi connectivity index (χ2n) is 11.3. The zero-order chi connectivity index (χ0) is 27.4. The molecule has 3 saturated heterocycles. The van der Waals surface area contributed by atoms with Crippen molar-refractivity contribution in [1.82, 2.24) is 25.2 Å². The van der Waals surface area contributed by atoms with Crippen molar-refractivity contribution in [2.45, 2.75) is 37.8 Å². The van der Waals surface area contributed by atoms with Crippen LogP contribution >= 0.6 is 11.6 Å². The van der Waals surface area contributed by atoms with Gasteiger partial charge in [0.25, 0.3) is 0 Å². The van der Waals surface area contributed by atoms with Gasteiger partial charge in [-0.2, -0.15) is 9.97 Å². The van der Waals surface area contributed by atoms with Crippen LogP contribution in [0.1, 0.15) is 25.7 Å². The molecule has 3 fully saturated rings. The first-order chi connectivity index (χ1) is 19.5. The lowest BCUT2D eigenvalue weighted by Crippen LogP contribution is -2.39. The SMILES string of the molecule is CN1CCC[C@H]1COc1nc(N2CCC3CNC(C3)C2)c2cnc(-c3cccc4ccc(F)c(Cl)c34)c(F)c2n1. The summed E-state index contributed by atoms with van der Waals surface area (Å²) >= 11 is 6.38. The van der Waals surface area contributed by atoms with Crippen LogP contribution in [-0.4, -0.2) is 71.8 Å². The highest BCUT2D eigenvalue weighted by atomic mass is 35.5. The highest BCUT2D eigenvalue weighted by Crippen LogP contribution is 2.39. The fraction of sp³-hybridized carbons (Fsp3) is 0.433. The maximum absolute atomic E-state index is 16.5. The molecule has 208 valence electrons. The molecule has 2 unspecified atom stereocenters. The van der Waals surface area contributed by atoms with Crippen molar-refractivity contribution in [3.05, 3.63) is 53.2 Å². The molecule has 2 aromatic heterocycles. The average Bonchev–Trinajstić information content (AvgIpc) is 3.53. The van der Waals surface area contributed by atoms with E-state index in [2.05, 4.69) is 32.1 Å². The molecule has 1 N–H and O–H groups in total. The number of nitrogens with one attached hydrogen (secondary N) is 1. The predicted molar refractivity (Wildman–Crippen MR) is 153 cm³/mol. The summed E-state index contributed by atoms with van der Waals surface area (Å²) in [5.74, 6) is 0.0964. The van der Waals surface area contributed by atoms with Crippen molar-refractivity contribution in [2.24, 2.45) is 5.92 Å². The number of hydrogen-bond acceptors (Lipinski definition) is 7. The second kappa shape index (κ2) is 10.4. The lowest BCUT2D eigenvalue weighted by molar-refractivity contribution is 0.188. The number of halogens is 3. The zero-order valence-corrected chi connectivity index (χ0v) is 23.1. The molecule has 3 atom stereocenters. The Kier molecular flexibility index (Phi) is 6.68. The molecular formula is C30H31ClF2N6O. The molecule has 2 aromatic carbocycles. The molecule has 0 aliphatic carbocycles. The summed E-state index contributed by atoms with van der Waals surface area (Å²) in [6.07, 6.45) is 5.95. The summed E-state index contributed by atoms with van der Waals surface area (Å²) in [7, 11) is 2.09. The lowest BCUT2D eigenvalue weighted by atomic mass is 10.0. The van der Waals surface area contributed by atoms with Gasteiger partial charge in [0, 0.05) is 42.3 Å². The Balaban J connectivity index is 1.36. The lowest BCUT2D eigenvalue weighted by Gasteiger charge is -2.28. The van der Waals surface area contributed by atoms with E-state index in [4.69, 9.17) is 21.3 Å². The van der Waals surface area contributed by atoms with Crippen molar-refractivity contribution in [3.63, 3.8) is 0 Å². The van der Waals surface area contributed by atoms with E-state index in [0.717, 1.165) is 51.9 Å². The minimum Gasteiger partial charge on any atom is -0.462 e. The first kappa shape index (κ1) is 25.8. The third-order valence-electron chi connectivity index (χ3n) is 8.77.